The second-order valence-corrected chi connectivity index (χ2v) is 8.39. The van der Waals surface area contributed by atoms with Crippen molar-refractivity contribution in [3.63, 3.8) is 0 Å². The molecule has 0 radical (unpaired) electrons. The monoisotopic (exact) mass is 369 g/mol. The molecule has 0 bridgehead atoms. The molecule has 0 aliphatic carbocycles. The van der Waals surface area contributed by atoms with Gasteiger partial charge in [0.2, 0.25) is 10.0 Å². The van der Waals surface area contributed by atoms with Gasteiger partial charge in [0.05, 0.1) is 16.5 Å². The number of sulfonamides is 1. The van der Waals surface area contributed by atoms with Gasteiger partial charge >= 0.3 is 0 Å². The summed E-state index contributed by atoms with van der Waals surface area (Å²) in [6, 6.07) is 16.7. The Balaban J connectivity index is 1.69. The van der Waals surface area contributed by atoms with Crippen LogP contribution in [0.25, 0.3) is 0 Å². The normalized spacial score (nSPS) is 15.5. The maximum atomic E-state index is 13.0. The summed E-state index contributed by atoms with van der Waals surface area (Å²) in [5.41, 5.74) is 2.47. The summed E-state index contributed by atoms with van der Waals surface area (Å²) in [7, 11) is -3.44. The lowest BCUT2D eigenvalue weighted by Crippen LogP contribution is -2.36. The van der Waals surface area contributed by atoms with Crippen molar-refractivity contribution >= 4 is 10.0 Å². The fourth-order valence-electron chi connectivity index (χ4n) is 3.18. The number of benzene rings is 2. The first kappa shape index (κ1) is 18.6. The van der Waals surface area contributed by atoms with Crippen molar-refractivity contribution in [3.8, 4) is 6.07 Å². The molecule has 1 saturated heterocycles. The second kappa shape index (κ2) is 8.45. The van der Waals surface area contributed by atoms with E-state index >= 15 is 0 Å². The Morgan fingerprint density at radius 2 is 1.65 bits per heavy atom. The Labute approximate surface area is 155 Å². The fraction of sp³-hybridized carbons (Fsp3) is 0.350. The molecule has 136 valence electrons. The average Bonchev–Trinajstić information content (AvgIpc) is 2.69. The highest BCUT2D eigenvalue weighted by Crippen LogP contribution is 2.23. The van der Waals surface area contributed by atoms with E-state index in [-0.39, 0.29) is 0 Å². The SMILES string of the molecule is N#Cc1ccc(CNCc2ccccc2S(=O)(=O)N2CCCCC2)cc1. The highest BCUT2D eigenvalue weighted by Gasteiger charge is 2.27. The smallest absolute Gasteiger partial charge is 0.243 e. The quantitative estimate of drug-likeness (QED) is 0.849. The summed E-state index contributed by atoms with van der Waals surface area (Å²) in [5.74, 6) is 0. The summed E-state index contributed by atoms with van der Waals surface area (Å²) in [5, 5.41) is 12.1. The minimum Gasteiger partial charge on any atom is -0.309 e. The van der Waals surface area contributed by atoms with E-state index < -0.39 is 10.0 Å². The van der Waals surface area contributed by atoms with Crippen LogP contribution in [0.3, 0.4) is 0 Å². The number of rotatable bonds is 6. The van der Waals surface area contributed by atoms with Crippen LogP contribution in [0.2, 0.25) is 0 Å². The number of nitrogens with one attached hydrogen (secondary N) is 1. The van der Waals surface area contributed by atoms with E-state index in [1.165, 1.54) is 0 Å². The lowest BCUT2D eigenvalue weighted by molar-refractivity contribution is 0.346. The van der Waals surface area contributed by atoms with Crippen molar-refractivity contribution in [2.24, 2.45) is 0 Å². The third-order valence-corrected chi connectivity index (χ3v) is 6.63. The predicted molar refractivity (Wildman–Crippen MR) is 101 cm³/mol. The van der Waals surface area contributed by atoms with Crippen molar-refractivity contribution in [2.45, 2.75) is 37.2 Å². The Kier molecular flexibility index (Phi) is 6.04. The molecule has 3 rings (SSSR count). The molecule has 0 spiro atoms. The maximum absolute atomic E-state index is 13.0. The van der Waals surface area contributed by atoms with Gasteiger partial charge in [0.15, 0.2) is 0 Å². The molecule has 5 nitrogen and oxygen atoms in total. The molecule has 2 aromatic carbocycles. The van der Waals surface area contributed by atoms with E-state index in [0.29, 0.717) is 36.6 Å². The molecule has 0 amide bonds. The number of nitriles is 1. The van der Waals surface area contributed by atoms with Crippen LogP contribution >= 0.6 is 0 Å². The molecule has 2 aromatic rings. The van der Waals surface area contributed by atoms with Gasteiger partial charge in [-0.25, -0.2) is 8.42 Å². The molecule has 26 heavy (non-hydrogen) atoms. The molecule has 1 aliphatic heterocycles. The van der Waals surface area contributed by atoms with Crippen molar-refractivity contribution in [3.05, 3.63) is 65.2 Å². The Hall–Kier alpha value is -2.20. The minimum absolute atomic E-state index is 0.397. The molecule has 1 N–H and O–H groups in total. The van der Waals surface area contributed by atoms with Crippen LogP contribution in [-0.2, 0) is 23.1 Å². The molecule has 0 atom stereocenters. The summed E-state index contributed by atoms with van der Waals surface area (Å²) in [4.78, 5) is 0.397. The van der Waals surface area contributed by atoms with Crippen LogP contribution in [0.15, 0.2) is 53.4 Å². The third-order valence-electron chi connectivity index (χ3n) is 4.63. The second-order valence-electron chi connectivity index (χ2n) is 6.48. The third kappa shape index (κ3) is 4.31. The van der Waals surface area contributed by atoms with E-state index in [9.17, 15) is 8.42 Å². The van der Waals surface area contributed by atoms with Gasteiger partial charge in [-0.1, -0.05) is 36.8 Å². The number of piperidine rings is 1. The van der Waals surface area contributed by atoms with Gasteiger partial charge in [0.25, 0.3) is 0 Å². The number of hydrogen-bond donors (Lipinski definition) is 1. The Morgan fingerprint density at radius 1 is 0.962 bits per heavy atom. The zero-order valence-corrected chi connectivity index (χ0v) is 15.5. The molecule has 1 heterocycles. The zero-order valence-electron chi connectivity index (χ0n) is 14.7. The maximum Gasteiger partial charge on any atom is 0.243 e. The largest absolute Gasteiger partial charge is 0.309 e. The van der Waals surface area contributed by atoms with Crippen LogP contribution in [0.5, 0.6) is 0 Å². The molecule has 0 aromatic heterocycles. The van der Waals surface area contributed by atoms with E-state index in [0.717, 1.165) is 30.4 Å². The van der Waals surface area contributed by atoms with Crippen LogP contribution in [0, 0.1) is 11.3 Å². The lowest BCUT2D eigenvalue weighted by Gasteiger charge is -2.26. The van der Waals surface area contributed by atoms with Gasteiger partial charge in [-0.3, -0.25) is 0 Å². The molecule has 6 heteroatoms. The van der Waals surface area contributed by atoms with E-state index in [4.69, 9.17) is 5.26 Å². The van der Waals surface area contributed by atoms with Gasteiger partial charge < -0.3 is 5.32 Å². The standard InChI is InChI=1S/C20H23N3O2S/c21-14-17-8-10-18(11-9-17)15-22-16-19-6-2-3-7-20(19)26(24,25)23-12-4-1-5-13-23/h2-3,6-11,22H,1,4-5,12-13,15-16H2. The van der Waals surface area contributed by atoms with Crippen molar-refractivity contribution in [2.75, 3.05) is 13.1 Å². The van der Waals surface area contributed by atoms with Crippen LogP contribution in [0.4, 0.5) is 0 Å². The highest BCUT2D eigenvalue weighted by atomic mass is 32.2. The summed E-state index contributed by atoms with van der Waals surface area (Å²) < 4.78 is 27.6. The van der Waals surface area contributed by atoms with E-state index in [1.54, 1.807) is 28.6 Å². The van der Waals surface area contributed by atoms with Gasteiger partial charge in [-0.2, -0.15) is 9.57 Å². The minimum atomic E-state index is -3.44. The first-order chi connectivity index (χ1) is 12.6. The fourth-order valence-corrected chi connectivity index (χ4v) is 4.92. The van der Waals surface area contributed by atoms with Gasteiger partial charge in [0.1, 0.15) is 0 Å². The van der Waals surface area contributed by atoms with Crippen LogP contribution in [0.1, 0.15) is 36.0 Å². The number of hydrogen-bond acceptors (Lipinski definition) is 4. The first-order valence-electron chi connectivity index (χ1n) is 8.89. The number of nitrogens with zero attached hydrogens (tertiary/aromatic N) is 2. The molecule has 1 aliphatic rings. The van der Waals surface area contributed by atoms with Gasteiger partial charge in [-0.05, 0) is 42.2 Å². The predicted octanol–water partition coefficient (Wildman–Crippen LogP) is 3.02. The zero-order chi connectivity index (χ0) is 18.4. The first-order valence-corrected chi connectivity index (χ1v) is 10.3. The Bertz CT molecular complexity index is 880. The summed E-state index contributed by atoms with van der Waals surface area (Å²) in [6.07, 6.45) is 2.95. The summed E-state index contributed by atoms with van der Waals surface area (Å²) in [6.45, 7) is 2.30. The van der Waals surface area contributed by atoms with Crippen molar-refractivity contribution < 1.29 is 8.42 Å². The van der Waals surface area contributed by atoms with Crippen LogP contribution in [-0.4, -0.2) is 25.8 Å². The molecule has 0 saturated carbocycles. The highest BCUT2D eigenvalue weighted by molar-refractivity contribution is 7.89. The average molecular weight is 369 g/mol. The van der Waals surface area contributed by atoms with Gasteiger partial charge in [0, 0.05) is 26.2 Å². The molecular formula is C20H23N3O2S. The van der Waals surface area contributed by atoms with E-state index in [1.807, 2.05) is 24.3 Å². The molecule has 1 fully saturated rings. The summed E-state index contributed by atoms with van der Waals surface area (Å²) >= 11 is 0. The molecular weight excluding hydrogens is 346 g/mol. The lowest BCUT2D eigenvalue weighted by atomic mass is 10.1. The van der Waals surface area contributed by atoms with Crippen LogP contribution < -0.4 is 5.32 Å². The van der Waals surface area contributed by atoms with E-state index in [2.05, 4.69) is 11.4 Å². The Morgan fingerprint density at radius 3 is 2.35 bits per heavy atom. The molecule has 0 unspecified atom stereocenters. The topological polar surface area (TPSA) is 73.2 Å². The van der Waals surface area contributed by atoms with Gasteiger partial charge in [-0.15, -0.1) is 0 Å². The van der Waals surface area contributed by atoms with Crippen molar-refractivity contribution in [1.29, 1.82) is 5.26 Å². The van der Waals surface area contributed by atoms with Crippen molar-refractivity contribution in [1.82, 2.24) is 9.62 Å².